The molecule has 57 heavy (non-hydrogen) atoms. The molecule has 0 saturated heterocycles. The Kier molecular flexibility index (Phi) is 7.71. The lowest BCUT2D eigenvalue weighted by Gasteiger charge is -2.34. The Balaban J connectivity index is 1.13. The molecule has 1 heterocycles. The quantitative estimate of drug-likeness (QED) is 0.171. The summed E-state index contributed by atoms with van der Waals surface area (Å²) in [6.07, 6.45) is 0. The summed E-state index contributed by atoms with van der Waals surface area (Å²) in [5.41, 5.74) is 12.1. The van der Waals surface area contributed by atoms with Gasteiger partial charge in [-0.2, -0.15) is 0 Å². The fraction of sp³-hybridized carbons (Fsp3) is 0.0185. The Morgan fingerprint density at radius 2 is 0.807 bits per heavy atom. The molecule has 266 valence electrons. The lowest BCUT2D eigenvalue weighted by Crippen LogP contribution is -2.28. The highest BCUT2D eigenvalue weighted by Crippen LogP contribution is 2.56. The minimum atomic E-state index is -0.530. The average molecular weight is 726 g/mol. The van der Waals surface area contributed by atoms with Crippen molar-refractivity contribution in [2.75, 3.05) is 0 Å². The number of hydrogen-bond acceptors (Lipinski definition) is 3. The van der Waals surface area contributed by atoms with Gasteiger partial charge >= 0.3 is 0 Å². The van der Waals surface area contributed by atoms with E-state index >= 15 is 0 Å². The van der Waals surface area contributed by atoms with E-state index in [1.165, 1.54) is 55.3 Å². The maximum atomic E-state index is 5.34. The molecular weight excluding hydrogens is 691 g/mol. The van der Waals surface area contributed by atoms with Crippen molar-refractivity contribution in [3.05, 3.63) is 235 Å². The van der Waals surface area contributed by atoms with Crippen LogP contribution in [0.3, 0.4) is 0 Å². The van der Waals surface area contributed by atoms with Crippen molar-refractivity contribution >= 4 is 21.5 Å². The van der Waals surface area contributed by atoms with E-state index in [9.17, 15) is 0 Å². The van der Waals surface area contributed by atoms with Gasteiger partial charge in [0.1, 0.15) is 0 Å². The fourth-order valence-electron chi connectivity index (χ4n) is 9.04. The van der Waals surface area contributed by atoms with Crippen LogP contribution in [0.25, 0.3) is 78.0 Å². The fourth-order valence-corrected chi connectivity index (χ4v) is 9.04. The molecule has 3 heteroatoms. The van der Waals surface area contributed by atoms with Crippen LogP contribution in [0.1, 0.15) is 22.3 Å². The Hall–Kier alpha value is -7.49. The van der Waals surface area contributed by atoms with Crippen LogP contribution in [0.2, 0.25) is 0 Å². The lowest BCUT2D eigenvalue weighted by atomic mass is 9.67. The van der Waals surface area contributed by atoms with Crippen LogP contribution >= 0.6 is 0 Å². The molecule has 0 atom stereocenters. The van der Waals surface area contributed by atoms with Gasteiger partial charge in [0.2, 0.25) is 0 Å². The molecule has 0 radical (unpaired) electrons. The maximum absolute atomic E-state index is 5.34. The van der Waals surface area contributed by atoms with Crippen molar-refractivity contribution in [1.82, 2.24) is 15.0 Å². The number of hydrogen-bond donors (Lipinski definition) is 0. The third-order valence-corrected chi connectivity index (χ3v) is 11.6. The third kappa shape index (κ3) is 5.32. The maximum Gasteiger partial charge on any atom is 0.164 e. The van der Waals surface area contributed by atoms with E-state index in [0.717, 1.165) is 27.5 Å². The third-order valence-electron chi connectivity index (χ3n) is 11.6. The molecule has 0 fully saturated rings. The summed E-state index contributed by atoms with van der Waals surface area (Å²) in [6, 6.07) is 75.8. The first-order valence-electron chi connectivity index (χ1n) is 19.4. The highest BCUT2D eigenvalue weighted by Gasteiger charge is 2.46. The summed E-state index contributed by atoms with van der Waals surface area (Å²) < 4.78 is 0. The first-order chi connectivity index (χ1) is 28.3. The van der Waals surface area contributed by atoms with Crippen molar-refractivity contribution in [2.24, 2.45) is 0 Å². The van der Waals surface area contributed by atoms with Gasteiger partial charge in [-0.05, 0) is 78.2 Å². The van der Waals surface area contributed by atoms with E-state index in [2.05, 4.69) is 194 Å². The van der Waals surface area contributed by atoms with Crippen LogP contribution in [-0.4, -0.2) is 15.0 Å². The Morgan fingerprint density at radius 1 is 0.281 bits per heavy atom. The predicted octanol–water partition coefficient (Wildman–Crippen LogP) is 13.2. The molecule has 1 aromatic heterocycles. The van der Waals surface area contributed by atoms with Crippen molar-refractivity contribution in [3.63, 3.8) is 0 Å². The zero-order chi connectivity index (χ0) is 37.8. The minimum absolute atomic E-state index is 0.530. The highest BCUT2D eigenvalue weighted by molar-refractivity contribution is 6.05. The predicted molar refractivity (Wildman–Crippen MR) is 234 cm³/mol. The highest BCUT2D eigenvalue weighted by atomic mass is 15.0. The van der Waals surface area contributed by atoms with E-state index in [1.807, 2.05) is 18.2 Å². The molecule has 9 aromatic carbocycles. The summed E-state index contributed by atoms with van der Waals surface area (Å²) in [7, 11) is 0. The molecule has 10 aromatic rings. The number of fused-ring (bicyclic) bond motifs is 5. The Bertz CT molecular complexity index is 3080. The minimum Gasteiger partial charge on any atom is -0.208 e. The SMILES string of the molecule is c1ccc(-c2nc(-c3ccc4c(c3)C(c3ccccc3)(c3ccccc3)c3ccccc3-4)nc(-c3cccc4c(-c5ccc6ccccc6c5)cccc34)n2)cc1. The molecule has 0 bridgehead atoms. The number of rotatable bonds is 6. The zero-order valence-electron chi connectivity index (χ0n) is 31.0. The van der Waals surface area contributed by atoms with Gasteiger partial charge in [0.25, 0.3) is 0 Å². The number of benzene rings is 9. The molecule has 1 aliphatic rings. The second-order valence-electron chi connectivity index (χ2n) is 14.7. The molecular formula is C54H35N3. The molecule has 11 rings (SSSR count). The first-order valence-corrected chi connectivity index (χ1v) is 19.4. The topological polar surface area (TPSA) is 38.7 Å². The summed E-state index contributed by atoms with van der Waals surface area (Å²) in [5.74, 6) is 1.91. The summed E-state index contributed by atoms with van der Waals surface area (Å²) in [4.78, 5) is 15.8. The summed E-state index contributed by atoms with van der Waals surface area (Å²) in [5, 5.41) is 4.70. The van der Waals surface area contributed by atoms with E-state index in [1.54, 1.807) is 0 Å². The van der Waals surface area contributed by atoms with Crippen molar-refractivity contribution < 1.29 is 0 Å². The molecule has 0 spiro atoms. The molecule has 3 nitrogen and oxygen atoms in total. The molecule has 0 N–H and O–H groups in total. The molecule has 0 saturated carbocycles. The standard InChI is InChI=1S/C54H35N3/c1-4-17-37(18-5-1)51-55-52(57-53(56-51)48-28-15-26-44-43(25-14-27-45(44)48)39-31-30-36-16-10-11-19-38(36)34-39)40-32-33-47-46-24-12-13-29-49(46)54(50(47)35-40,41-20-6-2-7-21-41)42-22-8-3-9-23-42/h1-35H. The van der Waals surface area contributed by atoms with Gasteiger partial charge < -0.3 is 0 Å². The summed E-state index contributed by atoms with van der Waals surface area (Å²) >= 11 is 0. The zero-order valence-corrected chi connectivity index (χ0v) is 31.0. The van der Waals surface area contributed by atoms with Gasteiger partial charge in [-0.15, -0.1) is 0 Å². The van der Waals surface area contributed by atoms with Crippen molar-refractivity contribution in [1.29, 1.82) is 0 Å². The lowest BCUT2D eigenvalue weighted by molar-refractivity contribution is 0.768. The van der Waals surface area contributed by atoms with Gasteiger partial charge in [-0.3, -0.25) is 0 Å². The van der Waals surface area contributed by atoms with E-state index in [4.69, 9.17) is 15.0 Å². The average Bonchev–Trinajstić information content (AvgIpc) is 3.59. The van der Waals surface area contributed by atoms with Gasteiger partial charge in [0.05, 0.1) is 5.41 Å². The van der Waals surface area contributed by atoms with E-state index in [-0.39, 0.29) is 0 Å². The number of nitrogens with zero attached hydrogens (tertiary/aromatic N) is 3. The van der Waals surface area contributed by atoms with Crippen LogP contribution in [0.4, 0.5) is 0 Å². The monoisotopic (exact) mass is 725 g/mol. The Morgan fingerprint density at radius 3 is 1.54 bits per heavy atom. The van der Waals surface area contributed by atoms with Crippen molar-refractivity contribution in [2.45, 2.75) is 5.41 Å². The largest absolute Gasteiger partial charge is 0.208 e. The van der Waals surface area contributed by atoms with Crippen LogP contribution < -0.4 is 0 Å². The second kappa shape index (κ2) is 13.4. The van der Waals surface area contributed by atoms with Crippen LogP contribution in [0, 0.1) is 0 Å². The smallest absolute Gasteiger partial charge is 0.164 e. The van der Waals surface area contributed by atoms with Crippen molar-refractivity contribution in [3.8, 4) is 56.4 Å². The van der Waals surface area contributed by atoms with E-state index in [0.29, 0.717) is 17.5 Å². The van der Waals surface area contributed by atoms with Gasteiger partial charge in [0.15, 0.2) is 17.5 Å². The normalized spacial score (nSPS) is 12.7. The molecule has 0 unspecified atom stereocenters. The molecule has 0 amide bonds. The van der Waals surface area contributed by atoms with Gasteiger partial charge in [-0.1, -0.05) is 200 Å². The van der Waals surface area contributed by atoms with Gasteiger partial charge in [-0.25, -0.2) is 15.0 Å². The van der Waals surface area contributed by atoms with Gasteiger partial charge in [0, 0.05) is 16.7 Å². The first kappa shape index (κ1) is 32.9. The van der Waals surface area contributed by atoms with E-state index < -0.39 is 5.41 Å². The van der Waals surface area contributed by atoms with Crippen LogP contribution in [0.15, 0.2) is 212 Å². The molecule has 0 aliphatic heterocycles. The summed E-state index contributed by atoms with van der Waals surface area (Å²) in [6.45, 7) is 0. The number of aromatic nitrogens is 3. The Labute approximate surface area is 331 Å². The molecule has 1 aliphatic carbocycles. The second-order valence-corrected chi connectivity index (χ2v) is 14.7. The van der Waals surface area contributed by atoms with Crippen LogP contribution in [-0.2, 0) is 5.41 Å². The van der Waals surface area contributed by atoms with Crippen LogP contribution in [0.5, 0.6) is 0 Å².